The smallest absolute Gasteiger partial charge is 0.413 e. The van der Waals surface area contributed by atoms with Gasteiger partial charge in [0.25, 0.3) is 6.26 Å². The van der Waals surface area contributed by atoms with E-state index >= 15 is 0 Å². The Morgan fingerprint density at radius 3 is 1.27 bits per heavy atom. The maximum absolute atomic E-state index is 12.6. The summed E-state index contributed by atoms with van der Waals surface area (Å²) in [6.45, 7) is 28.2. The van der Waals surface area contributed by atoms with Gasteiger partial charge in [0.2, 0.25) is 23.6 Å². The molecule has 0 unspecified atom stereocenters. The number of carbonyl (C=O) groups is 7. The van der Waals surface area contributed by atoms with Crippen LogP contribution in [0.3, 0.4) is 0 Å². The molecule has 4 fully saturated rings. The zero-order valence-electron chi connectivity index (χ0n) is 53.9. The second-order valence-electron chi connectivity index (χ2n) is 24.2. The first-order valence-electron chi connectivity index (χ1n) is 27.7. The van der Waals surface area contributed by atoms with Gasteiger partial charge in [-0.05, 0) is 189 Å². The highest BCUT2D eigenvalue weighted by Gasteiger charge is 2.57. The number of nitrogens with zero attached hydrogens (tertiary/aromatic N) is 6. The number of amides is 5. The number of benzene rings is 4. The third-order valence-electron chi connectivity index (χ3n) is 14.0. The number of hydrogen-bond donors (Lipinski definition) is 7. The van der Waals surface area contributed by atoms with Gasteiger partial charge in [-0.25, -0.2) is 4.79 Å². The lowest BCUT2D eigenvalue weighted by Gasteiger charge is -2.34. The minimum atomic E-state index is -0.911. The minimum Gasteiger partial charge on any atom is -0.428 e. The van der Waals surface area contributed by atoms with Gasteiger partial charge in [-0.2, -0.15) is 20.6 Å². The molecule has 4 aromatic rings. The van der Waals surface area contributed by atoms with Crippen molar-refractivity contribution in [3.05, 3.63) is 131 Å². The van der Waals surface area contributed by atoms with Gasteiger partial charge in [0.05, 0.1) is 26.2 Å². The average Bonchev–Trinajstić information content (AvgIpc) is 2.41. The number of ether oxygens (including phenoxy) is 2. The molecule has 490 valence electrons. The number of anilines is 1. The van der Waals surface area contributed by atoms with E-state index in [2.05, 4.69) is 26.0 Å². The summed E-state index contributed by atoms with van der Waals surface area (Å²) in [5, 5.41) is 45.1. The van der Waals surface area contributed by atoms with Gasteiger partial charge >= 0.3 is 6.09 Å². The van der Waals surface area contributed by atoms with E-state index in [0.29, 0.717) is 33.7 Å². The first-order valence-corrected chi connectivity index (χ1v) is 32.2. The molecule has 23 nitrogen and oxygen atoms in total. The molecule has 4 heterocycles. The molecule has 0 aliphatic carbocycles. The molecule has 4 aliphatic rings. The fourth-order valence-corrected chi connectivity index (χ4v) is 10.8. The second kappa shape index (κ2) is 33.2. The van der Waals surface area contributed by atoms with E-state index < -0.39 is 66.4 Å². The van der Waals surface area contributed by atoms with E-state index in [9.17, 15) is 36.6 Å². The van der Waals surface area contributed by atoms with E-state index in [4.69, 9.17) is 48.9 Å². The van der Waals surface area contributed by atoms with Gasteiger partial charge in [0.15, 0.2) is 39.5 Å². The zero-order valence-corrected chi connectivity index (χ0v) is 58.4. The van der Waals surface area contributed by atoms with Gasteiger partial charge in [-0.15, -0.1) is 5.26 Å². The molecule has 0 aromatic heterocycles. The van der Waals surface area contributed by atoms with Crippen molar-refractivity contribution in [2.75, 3.05) is 42.6 Å². The van der Waals surface area contributed by atoms with Gasteiger partial charge in [0, 0.05) is 35.1 Å². The van der Waals surface area contributed by atoms with Crippen molar-refractivity contribution in [1.82, 2.24) is 39.5 Å². The first kappa shape index (κ1) is 78.9. The number of thioether (sulfide) groups is 1. The van der Waals surface area contributed by atoms with Crippen LogP contribution in [0.1, 0.15) is 143 Å². The maximum atomic E-state index is 12.6. The summed E-state index contributed by atoms with van der Waals surface area (Å²) in [6.07, 6.45) is 2.82. The molecule has 4 saturated heterocycles. The number of alkyl halides is 1. The zero-order chi connectivity index (χ0) is 68.3. The summed E-state index contributed by atoms with van der Waals surface area (Å²) in [6, 6.07) is 30.9. The SMILES string of the molecule is CC1(C)C(=O)N(CO)C(C)(C)N1Cl.CC1(C)C(=O)N(COC(=O)Nc2ccc(C(=O)c3ccccc3)cc2)C(C)(C)N1Cl.CC1(C)NC(=O)C(C)(C)N1.CC1(C)NC(C)(C)N(CO)C1=O.CO.CSCI=O.N#COc1ccc(C(=O)c2ccccc2)cc1. The maximum Gasteiger partial charge on any atom is 0.413 e. The predicted octanol–water partition coefficient (Wildman–Crippen LogP) is 9.10. The number of aliphatic hydroxyl groups is 3. The number of rotatable bonds is 12. The lowest BCUT2D eigenvalue weighted by molar-refractivity contribution is -0.138. The normalized spacial score (nSPS) is 18.9. The number of nitrogens with one attached hydrogen (secondary N) is 4. The molecule has 4 aliphatic heterocycles. The van der Waals surface area contributed by atoms with E-state index in [1.54, 1.807) is 158 Å². The van der Waals surface area contributed by atoms with Crippen LogP contribution in [0.15, 0.2) is 109 Å². The number of hydrogen-bond acceptors (Lipinski definition) is 19. The topological polar surface area (TPSA) is 304 Å². The van der Waals surface area contributed by atoms with Crippen LogP contribution in [0.4, 0.5) is 10.5 Å². The second-order valence-corrected chi connectivity index (χ2v) is 28.1. The van der Waals surface area contributed by atoms with Crippen molar-refractivity contribution in [3.63, 3.8) is 0 Å². The molecule has 0 radical (unpaired) electrons. The monoisotopic (exact) mass is 1410 g/mol. The number of aliphatic hydroxyl groups excluding tert-OH is 3. The molecule has 5 amide bonds. The van der Waals surface area contributed by atoms with E-state index in [1.807, 2.05) is 85.9 Å². The summed E-state index contributed by atoms with van der Waals surface area (Å²) in [7, 11) is 1.00. The van der Waals surface area contributed by atoms with Crippen molar-refractivity contribution < 1.29 is 61.4 Å². The molecular weight excluding hydrogens is 1320 g/mol. The number of nitriles is 1. The summed E-state index contributed by atoms with van der Waals surface area (Å²) >= 11 is 13.3. The summed E-state index contributed by atoms with van der Waals surface area (Å²) in [5.41, 5.74) is -2.02. The van der Waals surface area contributed by atoms with Crippen LogP contribution in [-0.4, -0.2) is 162 Å². The first-order chi connectivity index (χ1) is 41.2. The molecule has 7 N–H and O–H groups in total. The Balaban J connectivity index is 0.000000391. The third kappa shape index (κ3) is 20.7. The van der Waals surface area contributed by atoms with Crippen molar-refractivity contribution in [2.45, 2.75) is 156 Å². The lowest BCUT2D eigenvalue weighted by atomic mass is 10.0. The lowest BCUT2D eigenvalue weighted by Crippen LogP contribution is -2.48. The van der Waals surface area contributed by atoms with E-state index in [-0.39, 0.29) is 61.1 Å². The Kier molecular flexibility index (Phi) is 29.5. The molecule has 89 heavy (non-hydrogen) atoms. The molecule has 0 atom stereocenters. The van der Waals surface area contributed by atoms with Crippen LogP contribution < -0.4 is 26.0 Å². The highest BCUT2D eigenvalue weighted by molar-refractivity contribution is 14.1. The average molecular weight is 1410 g/mol. The molecule has 27 heteroatoms. The Labute approximate surface area is 548 Å². The Hall–Kier alpha value is -6.16. The molecule has 0 bridgehead atoms. The molecule has 4 aromatic carbocycles. The number of carbonyl (C=O) groups excluding carboxylic acids is 7. The highest BCUT2D eigenvalue weighted by Crippen LogP contribution is 2.41. The number of halogens is 3. The van der Waals surface area contributed by atoms with Crippen molar-refractivity contribution >= 4 is 103 Å². The van der Waals surface area contributed by atoms with E-state index in [0.717, 1.165) is 10.9 Å². The summed E-state index contributed by atoms with van der Waals surface area (Å²) in [4.78, 5) is 87.8. The summed E-state index contributed by atoms with van der Waals surface area (Å²) < 4.78 is 23.2. The fourth-order valence-electron chi connectivity index (χ4n) is 9.65. The van der Waals surface area contributed by atoms with Crippen LogP contribution in [0.5, 0.6) is 5.75 Å². The standard InChI is InChI=1S/C22H24ClN3O4.C14H9NO2.C8H15ClN2O2.C8H16N2O2.C7H14N2O.C2H5IOS.CH4O/c1-21(2)19(28)25(22(3,4)26(21)23)14-30-20(29)24-17-12-10-16(11-13-17)18(27)15-8-6-5-7-9-15;15-10-17-13-8-6-12(7-9-13)14(16)11-4-2-1-3-5-11;1-7(2)6(13)10(5-12)8(3,4)11(7)9;1-7(2)6(12)10(5-11)8(3,4)9-7;1-6(2)5(10)8-7(3,4)9-6;1-5-2-3-4;1-2/h5-13H,14H2,1-4H3,(H,24,29);1-9H;12H,5H2,1-4H3;9,11H,5H2,1-4H3;9H,1-4H3,(H,8,10);2H2,1H3;2H,1H3. The molecule has 8 rings (SSSR count). The largest absolute Gasteiger partial charge is 0.428 e. The van der Waals surface area contributed by atoms with Crippen LogP contribution in [-0.2, 0) is 27.0 Å². The minimum absolute atomic E-state index is 0.0471. The quantitative estimate of drug-likeness (QED) is 0.0229. The predicted molar refractivity (Wildman–Crippen MR) is 352 cm³/mol. The van der Waals surface area contributed by atoms with E-state index in [1.165, 1.54) is 23.5 Å². The third-order valence-corrected chi connectivity index (χ3v) is 18.6. The van der Waals surface area contributed by atoms with Crippen LogP contribution in [0, 0.1) is 11.5 Å². The van der Waals surface area contributed by atoms with Gasteiger partial charge in [-0.3, -0.25) is 57.6 Å². The van der Waals surface area contributed by atoms with Crippen LogP contribution in [0.2, 0.25) is 0 Å². The Morgan fingerprint density at radius 1 is 0.596 bits per heavy atom. The Bertz CT molecular complexity index is 3100. The van der Waals surface area contributed by atoms with Crippen LogP contribution in [0.25, 0.3) is 0 Å². The van der Waals surface area contributed by atoms with Gasteiger partial charge < -0.3 is 35.0 Å². The summed E-state index contributed by atoms with van der Waals surface area (Å²) in [5.74, 6) is -0.111. The number of ketones is 2. The Morgan fingerprint density at radius 2 is 1.00 bits per heavy atom. The van der Waals surface area contributed by atoms with Gasteiger partial charge in [-0.1, -0.05) is 60.7 Å². The molecular formula is C62H87Cl2IN10O13S. The van der Waals surface area contributed by atoms with Crippen molar-refractivity contribution in [2.24, 2.45) is 0 Å². The molecule has 0 spiro atoms. The highest BCUT2D eigenvalue weighted by atomic mass is 127. The van der Waals surface area contributed by atoms with Crippen LogP contribution >= 0.6 is 56.5 Å². The molecule has 0 saturated carbocycles. The van der Waals surface area contributed by atoms with Crippen molar-refractivity contribution in [1.29, 1.82) is 5.26 Å². The van der Waals surface area contributed by atoms with Gasteiger partial charge in [0.1, 0.15) is 41.6 Å². The van der Waals surface area contributed by atoms with Crippen molar-refractivity contribution in [3.8, 4) is 12.0 Å². The fraction of sp³-hybridized carbons (Fsp3) is 0.484.